The van der Waals surface area contributed by atoms with Crippen molar-refractivity contribution >= 4 is 33.7 Å². The first kappa shape index (κ1) is 23.0. The number of amides is 1. The normalized spacial score (nSPS) is 10.7. The van der Waals surface area contributed by atoms with Gasteiger partial charge in [0.1, 0.15) is 12.4 Å². The summed E-state index contributed by atoms with van der Waals surface area (Å²) in [5.74, 6) is 0.0581. The zero-order chi connectivity index (χ0) is 22.9. The molecule has 0 aliphatic heterocycles. The van der Waals surface area contributed by atoms with Crippen molar-refractivity contribution in [2.45, 2.75) is 13.5 Å². The van der Waals surface area contributed by atoms with Gasteiger partial charge in [0.15, 0.2) is 12.4 Å². The molecule has 0 atom stereocenters. The number of rotatable bonds is 9. The zero-order valence-corrected chi connectivity index (χ0v) is 18.7. The first-order valence-corrected chi connectivity index (χ1v) is 10.4. The number of hydrogen-bond donors (Lipinski definition) is 1. The lowest BCUT2D eigenvalue weighted by Gasteiger charge is -2.10. The molecule has 0 spiro atoms. The van der Waals surface area contributed by atoms with Crippen molar-refractivity contribution in [3.05, 3.63) is 98.0 Å². The lowest BCUT2D eigenvalue weighted by molar-refractivity contribution is -0.385. The van der Waals surface area contributed by atoms with Gasteiger partial charge in [0.25, 0.3) is 5.91 Å². The summed E-state index contributed by atoms with van der Waals surface area (Å²) < 4.78 is 12.0. The Morgan fingerprint density at radius 3 is 2.59 bits per heavy atom. The monoisotopic (exact) mass is 497 g/mol. The summed E-state index contributed by atoms with van der Waals surface area (Å²) in [5.41, 5.74) is 4.55. The van der Waals surface area contributed by atoms with Crippen LogP contribution in [0.1, 0.15) is 16.7 Å². The van der Waals surface area contributed by atoms with E-state index in [1.54, 1.807) is 19.1 Å². The first-order valence-electron chi connectivity index (χ1n) is 9.58. The van der Waals surface area contributed by atoms with Gasteiger partial charge in [-0.05, 0) is 42.3 Å². The average molecular weight is 498 g/mol. The van der Waals surface area contributed by atoms with Crippen LogP contribution in [0.5, 0.6) is 11.5 Å². The van der Waals surface area contributed by atoms with E-state index in [-0.39, 0.29) is 11.4 Å². The number of nitrogens with zero attached hydrogens (tertiary/aromatic N) is 2. The molecule has 8 nitrogen and oxygen atoms in total. The highest BCUT2D eigenvalue weighted by molar-refractivity contribution is 9.10. The van der Waals surface area contributed by atoms with Gasteiger partial charge in [-0.15, -0.1) is 0 Å². The van der Waals surface area contributed by atoms with Gasteiger partial charge in [0.2, 0.25) is 0 Å². The van der Waals surface area contributed by atoms with Crippen LogP contribution >= 0.6 is 15.9 Å². The summed E-state index contributed by atoms with van der Waals surface area (Å²) in [4.78, 5) is 22.6. The second-order valence-electron chi connectivity index (χ2n) is 6.77. The summed E-state index contributed by atoms with van der Waals surface area (Å²) in [6.07, 6.45) is 1.46. The van der Waals surface area contributed by atoms with Crippen LogP contribution in [0.25, 0.3) is 0 Å². The predicted octanol–water partition coefficient (Wildman–Crippen LogP) is 4.77. The van der Waals surface area contributed by atoms with Crippen LogP contribution in [-0.2, 0) is 11.4 Å². The topological polar surface area (TPSA) is 103 Å². The van der Waals surface area contributed by atoms with Gasteiger partial charge in [-0.2, -0.15) is 5.10 Å². The largest absolute Gasteiger partial charge is 0.488 e. The molecule has 0 saturated carbocycles. The van der Waals surface area contributed by atoms with Crippen molar-refractivity contribution < 1.29 is 19.2 Å². The molecule has 0 fully saturated rings. The van der Waals surface area contributed by atoms with Gasteiger partial charge in [0.05, 0.1) is 11.1 Å². The Balaban J connectivity index is 1.59. The fraction of sp³-hybridized carbons (Fsp3) is 0.130. The van der Waals surface area contributed by atoms with E-state index in [0.29, 0.717) is 17.9 Å². The van der Waals surface area contributed by atoms with Crippen LogP contribution in [-0.4, -0.2) is 23.7 Å². The highest BCUT2D eigenvalue weighted by Gasteiger charge is 2.16. The van der Waals surface area contributed by atoms with Crippen molar-refractivity contribution in [3.63, 3.8) is 0 Å². The molecule has 9 heteroatoms. The molecule has 0 aliphatic rings. The van der Waals surface area contributed by atoms with Crippen molar-refractivity contribution in [1.82, 2.24) is 5.43 Å². The predicted molar refractivity (Wildman–Crippen MR) is 124 cm³/mol. The van der Waals surface area contributed by atoms with E-state index in [2.05, 4.69) is 26.5 Å². The standard InChI is InChI=1S/C23H20BrN3O5/c1-16-7-9-22(20(11-16)27(29)30)32-15-23(28)26-25-13-18-12-19(24)8-10-21(18)31-14-17-5-3-2-4-6-17/h2-13H,14-15H2,1H3,(H,26,28). The van der Waals surface area contributed by atoms with E-state index in [9.17, 15) is 14.9 Å². The Hall–Kier alpha value is -3.72. The van der Waals surface area contributed by atoms with Gasteiger partial charge in [-0.3, -0.25) is 14.9 Å². The number of carbonyl (C=O) groups excluding carboxylic acids is 1. The zero-order valence-electron chi connectivity index (χ0n) is 17.2. The van der Waals surface area contributed by atoms with Crippen molar-refractivity contribution in [2.75, 3.05) is 6.61 Å². The van der Waals surface area contributed by atoms with Crippen molar-refractivity contribution in [1.29, 1.82) is 0 Å². The van der Waals surface area contributed by atoms with E-state index >= 15 is 0 Å². The number of ether oxygens (including phenoxy) is 2. The molecule has 0 heterocycles. The molecule has 3 aromatic carbocycles. The second-order valence-corrected chi connectivity index (χ2v) is 7.68. The fourth-order valence-electron chi connectivity index (χ4n) is 2.73. The molecule has 0 unspecified atom stereocenters. The van der Waals surface area contributed by atoms with E-state index < -0.39 is 17.4 Å². The average Bonchev–Trinajstić information content (AvgIpc) is 2.78. The number of hydrogen-bond acceptors (Lipinski definition) is 6. The van der Waals surface area contributed by atoms with E-state index in [1.807, 2.05) is 42.5 Å². The molecule has 32 heavy (non-hydrogen) atoms. The highest BCUT2D eigenvalue weighted by atomic mass is 79.9. The summed E-state index contributed by atoms with van der Waals surface area (Å²) in [7, 11) is 0. The van der Waals surface area contributed by atoms with Crippen LogP contribution in [0.4, 0.5) is 5.69 Å². The second kappa shape index (κ2) is 11.1. The summed E-state index contributed by atoms with van der Waals surface area (Å²) in [6.45, 7) is 1.70. The van der Waals surface area contributed by atoms with Crippen molar-refractivity contribution in [2.24, 2.45) is 5.10 Å². The lowest BCUT2D eigenvalue weighted by Crippen LogP contribution is -2.24. The molecule has 3 rings (SSSR count). The molecule has 1 amide bonds. The minimum absolute atomic E-state index is 0.0170. The number of aryl methyl sites for hydroxylation is 1. The quantitative estimate of drug-likeness (QED) is 0.260. The third kappa shape index (κ3) is 6.64. The van der Waals surface area contributed by atoms with Crippen LogP contribution in [0.3, 0.4) is 0 Å². The van der Waals surface area contributed by atoms with Crippen LogP contribution in [0, 0.1) is 17.0 Å². The SMILES string of the molecule is Cc1ccc(OCC(=O)NN=Cc2cc(Br)ccc2OCc2ccccc2)c([N+](=O)[O-])c1. The molecule has 164 valence electrons. The number of hydrazone groups is 1. The number of nitrogens with one attached hydrogen (secondary N) is 1. The molecule has 0 saturated heterocycles. The molecule has 0 bridgehead atoms. The number of nitro benzene ring substituents is 1. The minimum atomic E-state index is -0.558. The molecule has 0 aromatic heterocycles. The maximum atomic E-state index is 12.1. The summed E-state index contributed by atoms with van der Waals surface area (Å²) >= 11 is 3.41. The number of benzene rings is 3. The van der Waals surface area contributed by atoms with Gasteiger partial charge >= 0.3 is 5.69 Å². The molecule has 0 radical (unpaired) electrons. The Morgan fingerprint density at radius 1 is 1.09 bits per heavy atom. The van der Waals surface area contributed by atoms with Crippen molar-refractivity contribution in [3.8, 4) is 11.5 Å². The molecule has 3 aromatic rings. The van der Waals surface area contributed by atoms with E-state index in [1.165, 1.54) is 18.3 Å². The van der Waals surface area contributed by atoms with Gasteiger partial charge in [-0.1, -0.05) is 52.3 Å². The van der Waals surface area contributed by atoms with Gasteiger partial charge in [-0.25, -0.2) is 5.43 Å². The number of halogens is 1. The summed E-state index contributed by atoms with van der Waals surface area (Å²) in [6, 6.07) is 19.7. The Kier molecular flexibility index (Phi) is 7.93. The molecular formula is C23H20BrN3O5. The maximum absolute atomic E-state index is 12.1. The van der Waals surface area contributed by atoms with Crippen LogP contribution < -0.4 is 14.9 Å². The first-order chi connectivity index (χ1) is 15.4. The van der Waals surface area contributed by atoms with E-state index in [0.717, 1.165) is 15.6 Å². The minimum Gasteiger partial charge on any atom is -0.488 e. The van der Waals surface area contributed by atoms with E-state index in [4.69, 9.17) is 9.47 Å². The Labute approximate surface area is 193 Å². The molecular weight excluding hydrogens is 478 g/mol. The lowest BCUT2D eigenvalue weighted by atomic mass is 10.2. The van der Waals surface area contributed by atoms with Gasteiger partial charge in [0, 0.05) is 16.1 Å². The fourth-order valence-corrected chi connectivity index (χ4v) is 3.11. The molecule has 0 aliphatic carbocycles. The Morgan fingerprint density at radius 2 is 1.84 bits per heavy atom. The molecule has 1 N–H and O–H groups in total. The van der Waals surface area contributed by atoms with Gasteiger partial charge < -0.3 is 9.47 Å². The number of carbonyl (C=O) groups is 1. The van der Waals surface area contributed by atoms with Crippen LogP contribution in [0.15, 0.2) is 76.3 Å². The Bertz CT molecular complexity index is 1140. The summed E-state index contributed by atoms with van der Waals surface area (Å²) in [5, 5.41) is 15.1. The maximum Gasteiger partial charge on any atom is 0.311 e. The smallest absolute Gasteiger partial charge is 0.311 e. The third-order valence-electron chi connectivity index (χ3n) is 4.27. The third-order valence-corrected chi connectivity index (χ3v) is 4.77. The number of nitro groups is 1. The highest BCUT2D eigenvalue weighted by Crippen LogP contribution is 2.27. The van der Waals surface area contributed by atoms with Crippen LogP contribution in [0.2, 0.25) is 0 Å².